The number of carbonyl (C=O) groups excluding carboxylic acids is 1. The van der Waals surface area contributed by atoms with Crippen molar-refractivity contribution in [1.82, 2.24) is 10.4 Å². The number of aromatic hydroxyl groups is 1. The van der Waals surface area contributed by atoms with Crippen LogP contribution in [0.3, 0.4) is 0 Å². The van der Waals surface area contributed by atoms with Gasteiger partial charge in [0, 0.05) is 28.7 Å². The monoisotopic (exact) mass is 338 g/mol. The molecule has 0 aliphatic rings. The van der Waals surface area contributed by atoms with Gasteiger partial charge >= 0.3 is 5.69 Å². The Morgan fingerprint density at radius 2 is 2.12 bits per heavy atom. The fourth-order valence-electron chi connectivity index (χ4n) is 2.44. The van der Waals surface area contributed by atoms with Gasteiger partial charge in [0.2, 0.25) is 5.91 Å². The van der Waals surface area contributed by atoms with Gasteiger partial charge in [0.25, 0.3) is 0 Å². The Bertz CT molecular complexity index is 978. The molecule has 1 amide bonds. The number of phenols is 1. The molecule has 1 heterocycles. The highest BCUT2D eigenvalue weighted by molar-refractivity contribution is 5.89. The van der Waals surface area contributed by atoms with Crippen molar-refractivity contribution in [1.29, 1.82) is 0 Å². The smallest absolute Gasteiger partial charge is 0.311 e. The predicted molar refractivity (Wildman–Crippen MR) is 92.5 cm³/mol. The summed E-state index contributed by atoms with van der Waals surface area (Å²) >= 11 is 0. The van der Waals surface area contributed by atoms with Crippen LogP contribution < -0.4 is 5.43 Å². The molecule has 0 aliphatic carbocycles. The van der Waals surface area contributed by atoms with Crippen LogP contribution in [0.15, 0.2) is 53.8 Å². The molecule has 3 aromatic rings. The molecule has 3 rings (SSSR count). The largest absolute Gasteiger partial charge is 0.502 e. The van der Waals surface area contributed by atoms with E-state index in [9.17, 15) is 20.0 Å². The van der Waals surface area contributed by atoms with E-state index in [1.54, 1.807) is 6.20 Å². The highest BCUT2D eigenvalue weighted by atomic mass is 16.6. The second-order valence-electron chi connectivity index (χ2n) is 5.33. The second kappa shape index (κ2) is 6.83. The number of aromatic amines is 1. The summed E-state index contributed by atoms with van der Waals surface area (Å²) < 4.78 is 0. The Morgan fingerprint density at radius 1 is 1.32 bits per heavy atom. The summed E-state index contributed by atoms with van der Waals surface area (Å²) in [6.45, 7) is 0. The summed E-state index contributed by atoms with van der Waals surface area (Å²) in [4.78, 5) is 25.2. The molecule has 126 valence electrons. The molecule has 1 aromatic heterocycles. The van der Waals surface area contributed by atoms with E-state index in [0.717, 1.165) is 16.5 Å². The maximum atomic E-state index is 12.0. The summed E-state index contributed by atoms with van der Waals surface area (Å²) in [5, 5.41) is 24.9. The molecule has 8 heteroatoms. The van der Waals surface area contributed by atoms with Gasteiger partial charge in [-0.25, -0.2) is 5.43 Å². The van der Waals surface area contributed by atoms with Gasteiger partial charge in [0.05, 0.1) is 17.6 Å². The molecule has 0 radical (unpaired) electrons. The number of H-pyrrole nitrogens is 1. The molecule has 0 unspecified atom stereocenters. The quantitative estimate of drug-likeness (QED) is 0.376. The van der Waals surface area contributed by atoms with Crippen LogP contribution in [0.1, 0.15) is 11.1 Å². The average molecular weight is 338 g/mol. The number of nitrogens with zero attached hydrogens (tertiary/aromatic N) is 2. The number of amides is 1. The van der Waals surface area contributed by atoms with Gasteiger partial charge in [-0.3, -0.25) is 14.9 Å². The van der Waals surface area contributed by atoms with Crippen molar-refractivity contribution in [2.24, 2.45) is 5.10 Å². The first kappa shape index (κ1) is 16.2. The topological polar surface area (TPSA) is 121 Å². The van der Waals surface area contributed by atoms with Crippen molar-refractivity contribution < 1.29 is 14.8 Å². The number of phenolic OH excluding ortho intramolecular Hbond substituents is 1. The molecular formula is C17H14N4O4. The van der Waals surface area contributed by atoms with Crippen LogP contribution in [-0.2, 0) is 11.2 Å². The zero-order valence-electron chi connectivity index (χ0n) is 13.0. The number of aromatic nitrogens is 1. The van der Waals surface area contributed by atoms with Gasteiger partial charge < -0.3 is 10.1 Å². The third kappa shape index (κ3) is 3.63. The lowest BCUT2D eigenvalue weighted by Gasteiger charge is -2.00. The van der Waals surface area contributed by atoms with E-state index in [1.807, 2.05) is 24.3 Å². The van der Waals surface area contributed by atoms with Crippen LogP contribution in [-0.4, -0.2) is 27.1 Å². The number of para-hydroxylation sites is 1. The molecule has 0 saturated carbocycles. The number of fused-ring (bicyclic) bond motifs is 1. The van der Waals surface area contributed by atoms with Gasteiger partial charge in [-0.05, 0) is 23.8 Å². The highest BCUT2D eigenvalue weighted by Crippen LogP contribution is 2.25. The zero-order chi connectivity index (χ0) is 17.8. The van der Waals surface area contributed by atoms with E-state index in [0.29, 0.717) is 5.56 Å². The molecule has 25 heavy (non-hydrogen) atoms. The predicted octanol–water partition coefficient (Wildman–Crippen LogP) is 2.47. The summed E-state index contributed by atoms with van der Waals surface area (Å²) in [5.74, 6) is -0.736. The number of hydrogen-bond donors (Lipinski definition) is 3. The maximum absolute atomic E-state index is 12.0. The van der Waals surface area contributed by atoms with Gasteiger partial charge in [-0.1, -0.05) is 18.2 Å². The lowest BCUT2D eigenvalue weighted by molar-refractivity contribution is -0.385. The molecule has 0 spiro atoms. The van der Waals surface area contributed by atoms with Crippen LogP contribution in [0.25, 0.3) is 10.9 Å². The van der Waals surface area contributed by atoms with Crippen molar-refractivity contribution in [3.8, 4) is 5.75 Å². The van der Waals surface area contributed by atoms with Gasteiger partial charge in [0.1, 0.15) is 0 Å². The van der Waals surface area contributed by atoms with Crippen LogP contribution in [0.4, 0.5) is 5.69 Å². The van der Waals surface area contributed by atoms with Crippen LogP contribution in [0.2, 0.25) is 0 Å². The number of benzene rings is 2. The Hall–Kier alpha value is -3.68. The molecule has 0 atom stereocenters. The summed E-state index contributed by atoms with van der Waals surface area (Å²) in [5.41, 5.74) is 4.15. The molecule has 0 fully saturated rings. The van der Waals surface area contributed by atoms with Crippen LogP contribution >= 0.6 is 0 Å². The van der Waals surface area contributed by atoms with Crippen molar-refractivity contribution in [3.05, 3.63) is 69.9 Å². The molecular weight excluding hydrogens is 324 g/mol. The summed E-state index contributed by atoms with van der Waals surface area (Å²) in [6.07, 6.45) is 3.20. The fraction of sp³-hybridized carbons (Fsp3) is 0.0588. The van der Waals surface area contributed by atoms with Crippen molar-refractivity contribution >= 4 is 28.7 Å². The first-order valence-electron chi connectivity index (χ1n) is 7.39. The minimum atomic E-state index is -0.692. The van der Waals surface area contributed by atoms with Gasteiger partial charge in [0.15, 0.2) is 5.75 Å². The summed E-state index contributed by atoms with van der Waals surface area (Å²) in [7, 11) is 0. The minimum absolute atomic E-state index is 0.150. The van der Waals surface area contributed by atoms with Crippen molar-refractivity contribution in [3.63, 3.8) is 0 Å². The molecule has 8 nitrogen and oxygen atoms in total. The Balaban J connectivity index is 1.65. The second-order valence-corrected chi connectivity index (χ2v) is 5.33. The first-order valence-corrected chi connectivity index (χ1v) is 7.39. The lowest BCUT2D eigenvalue weighted by Crippen LogP contribution is -2.19. The van der Waals surface area contributed by atoms with E-state index in [2.05, 4.69) is 15.5 Å². The molecule has 3 N–H and O–H groups in total. The average Bonchev–Trinajstić information content (AvgIpc) is 2.99. The third-order valence-corrected chi connectivity index (χ3v) is 3.62. The third-order valence-electron chi connectivity index (χ3n) is 3.62. The van der Waals surface area contributed by atoms with E-state index < -0.39 is 16.4 Å². The molecule has 0 saturated heterocycles. The number of nitro groups is 1. The minimum Gasteiger partial charge on any atom is -0.502 e. The standard InChI is InChI=1S/C17H14N4O4/c22-16-6-5-11(7-15(16)21(24)25)9-19-20-17(23)8-12-10-18-14-4-2-1-3-13(12)14/h1-7,9-10,18,22H,8H2,(H,20,23). The lowest BCUT2D eigenvalue weighted by atomic mass is 10.1. The number of hydrogen-bond acceptors (Lipinski definition) is 5. The number of nitrogens with one attached hydrogen (secondary N) is 2. The zero-order valence-corrected chi connectivity index (χ0v) is 13.0. The number of carbonyl (C=O) groups is 1. The molecule has 2 aromatic carbocycles. The van der Waals surface area contributed by atoms with E-state index in [-0.39, 0.29) is 12.3 Å². The first-order chi connectivity index (χ1) is 12.0. The van der Waals surface area contributed by atoms with Gasteiger partial charge in [-0.2, -0.15) is 5.10 Å². The van der Waals surface area contributed by atoms with Gasteiger partial charge in [-0.15, -0.1) is 0 Å². The maximum Gasteiger partial charge on any atom is 0.311 e. The van der Waals surface area contributed by atoms with Crippen LogP contribution in [0, 0.1) is 10.1 Å². The van der Waals surface area contributed by atoms with E-state index in [4.69, 9.17) is 0 Å². The van der Waals surface area contributed by atoms with E-state index in [1.165, 1.54) is 24.4 Å². The fourth-order valence-corrected chi connectivity index (χ4v) is 2.44. The Morgan fingerprint density at radius 3 is 2.92 bits per heavy atom. The SMILES string of the molecule is O=C(Cc1c[nH]c2ccccc12)NN=Cc1ccc(O)c([N+](=O)[O-])c1. The Kier molecular flexibility index (Phi) is 4.42. The molecule has 0 aliphatic heterocycles. The van der Waals surface area contributed by atoms with Crippen LogP contribution in [0.5, 0.6) is 5.75 Å². The highest BCUT2D eigenvalue weighted by Gasteiger charge is 2.13. The number of hydrazone groups is 1. The Labute approximate surface area is 141 Å². The number of rotatable bonds is 5. The molecule has 0 bridgehead atoms. The van der Waals surface area contributed by atoms with E-state index >= 15 is 0 Å². The normalized spacial score (nSPS) is 11.0. The van der Waals surface area contributed by atoms with Crippen molar-refractivity contribution in [2.45, 2.75) is 6.42 Å². The summed E-state index contributed by atoms with van der Waals surface area (Å²) in [6, 6.07) is 11.5. The van der Waals surface area contributed by atoms with Crippen molar-refractivity contribution in [2.75, 3.05) is 0 Å². The number of nitro benzene ring substituents is 1.